The number of para-hydroxylation sites is 1. The van der Waals surface area contributed by atoms with Crippen molar-refractivity contribution in [2.24, 2.45) is 5.92 Å². The number of hydrogen-bond donors (Lipinski definition) is 1. The van der Waals surface area contributed by atoms with E-state index in [2.05, 4.69) is 20.8 Å². The van der Waals surface area contributed by atoms with Crippen molar-refractivity contribution in [1.82, 2.24) is 4.90 Å². The lowest BCUT2D eigenvalue weighted by molar-refractivity contribution is -0.148. The molecule has 0 atom stereocenters. The maximum absolute atomic E-state index is 12.7. The van der Waals surface area contributed by atoms with Crippen LogP contribution in [0.15, 0.2) is 24.3 Å². The quantitative estimate of drug-likeness (QED) is 0.833. The predicted octanol–water partition coefficient (Wildman–Crippen LogP) is 2.27. The first kappa shape index (κ1) is 19.0. The normalized spacial score (nSPS) is 15.8. The number of hydrogen-bond acceptors (Lipinski definition) is 3. The average Bonchev–Trinajstić information content (AvgIpc) is 2.59. The minimum Gasteiger partial charge on any atom is -0.481 e. The zero-order valence-electron chi connectivity index (χ0n) is 15.3. The summed E-state index contributed by atoms with van der Waals surface area (Å²) in [6.07, 6.45) is 0.771. The number of anilines is 1. The molecule has 2 amide bonds. The van der Waals surface area contributed by atoms with Gasteiger partial charge in [-0.05, 0) is 29.9 Å². The van der Waals surface area contributed by atoms with E-state index in [4.69, 9.17) is 5.11 Å². The summed E-state index contributed by atoms with van der Waals surface area (Å²) in [7, 11) is 1.61. The van der Waals surface area contributed by atoms with E-state index in [1.54, 1.807) is 7.05 Å². The minimum atomic E-state index is -0.838. The van der Waals surface area contributed by atoms with Crippen LogP contribution in [0, 0.1) is 5.92 Å². The van der Waals surface area contributed by atoms with Gasteiger partial charge in [0.2, 0.25) is 0 Å². The summed E-state index contributed by atoms with van der Waals surface area (Å²) in [5, 5.41) is 9.04. The van der Waals surface area contributed by atoms with Crippen LogP contribution in [0.1, 0.15) is 39.2 Å². The Balaban J connectivity index is 2.13. The number of nitrogens with zero attached hydrogens (tertiary/aromatic N) is 2. The maximum Gasteiger partial charge on any atom is 0.316 e. The number of piperidine rings is 1. The summed E-state index contributed by atoms with van der Waals surface area (Å²) in [6.45, 7) is 6.78. The lowest BCUT2D eigenvalue weighted by Crippen LogP contribution is -2.48. The van der Waals surface area contributed by atoms with Crippen LogP contribution in [0.25, 0.3) is 0 Å². The van der Waals surface area contributed by atoms with Crippen LogP contribution >= 0.6 is 0 Å². The summed E-state index contributed by atoms with van der Waals surface area (Å²) in [4.78, 5) is 39.1. The Kier molecular flexibility index (Phi) is 5.50. The molecule has 136 valence electrons. The van der Waals surface area contributed by atoms with Gasteiger partial charge in [-0.25, -0.2) is 0 Å². The van der Waals surface area contributed by atoms with Crippen LogP contribution < -0.4 is 4.90 Å². The van der Waals surface area contributed by atoms with E-state index in [0.717, 1.165) is 5.56 Å². The number of amides is 2. The highest BCUT2D eigenvalue weighted by Gasteiger charge is 2.32. The molecule has 1 aromatic carbocycles. The monoisotopic (exact) mass is 346 g/mol. The fourth-order valence-electron chi connectivity index (χ4n) is 3.12. The second kappa shape index (κ2) is 7.25. The molecule has 1 heterocycles. The molecular formula is C19H26N2O4. The van der Waals surface area contributed by atoms with E-state index in [-0.39, 0.29) is 5.41 Å². The molecule has 0 aromatic heterocycles. The molecule has 1 aliphatic rings. The zero-order valence-corrected chi connectivity index (χ0v) is 15.3. The highest BCUT2D eigenvalue weighted by molar-refractivity contribution is 6.40. The molecule has 6 heteroatoms. The summed E-state index contributed by atoms with van der Waals surface area (Å²) in [5.74, 6) is -2.44. The molecule has 0 unspecified atom stereocenters. The Labute approximate surface area is 148 Å². The Morgan fingerprint density at radius 3 is 2.20 bits per heavy atom. The van der Waals surface area contributed by atoms with Crippen LogP contribution in [0.5, 0.6) is 0 Å². The lowest BCUT2D eigenvalue weighted by atomic mass is 9.85. The van der Waals surface area contributed by atoms with E-state index in [1.807, 2.05) is 24.3 Å². The maximum atomic E-state index is 12.7. The zero-order chi connectivity index (χ0) is 18.8. The molecule has 0 spiro atoms. The van der Waals surface area contributed by atoms with Crippen molar-refractivity contribution in [3.8, 4) is 0 Å². The minimum absolute atomic E-state index is 0.159. The van der Waals surface area contributed by atoms with Crippen LogP contribution in [0.2, 0.25) is 0 Å². The average molecular weight is 346 g/mol. The Hall–Kier alpha value is -2.37. The fourth-order valence-corrected chi connectivity index (χ4v) is 3.12. The van der Waals surface area contributed by atoms with Crippen molar-refractivity contribution in [3.63, 3.8) is 0 Å². The summed E-state index contributed by atoms with van der Waals surface area (Å²) in [6, 6.07) is 7.56. The van der Waals surface area contributed by atoms with Gasteiger partial charge in [0.05, 0.1) is 5.92 Å². The highest BCUT2D eigenvalue weighted by Crippen LogP contribution is 2.31. The van der Waals surface area contributed by atoms with Gasteiger partial charge in [0.25, 0.3) is 0 Å². The molecule has 2 rings (SSSR count). The van der Waals surface area contributed by atoms with Crippen molar-refractivity contribution >= 4 is 23.5 Å². The van der Waals surface area contributed by atoms with Gasteiger partial charge >= 0.3 is 17.8 Å². The highest BCUT2D eigenvalue weighted by atomic mass is 16.4. The van der Waals surface area contributed by atoms with E-state index >= 15 is 0 Å². The smallest absolute Gasteiger partial charge is 0.316 e. The van der Waals surface area contributed by atoms with E-state index < -0.39 is 23.7 Å². The SMILES string of the molecule is CN(C(=O)C(=O)N1CCC(C(=O)O)CC1)c1ccccc1C(C)(C)C. The van der Waals surface area contributed by atoms with Gasteiger partial charge in [-0.15, -0.1) is 0 Å². The molecule has 1 saturated heterocycles. The van der Waals surface area contributed by atoms with E-state index in [9.17, 15) is 14.4 Å². The third kappa shape index (κ3) is 4.18. The molecule has 0 radical (unpaired) electrons. The Morgan fingerprint density at radius 1 is 1.12 bits per heavy atom. The standard InChI is InChI=1S/C19H26N2O4/c1-19(2,3)14-7-5-6-8-15(14)20(4)16(22)17(23)21-11-9-13(10-12-21)18(24)25/h5-8,13H,9-12H2,1-4H3,(H,24,25). The first-order valence-electron chi connectivity index (χ1n) is 8.52. The third-order valence-corrected chi connectivity index (χ3v) is 4.69. The van der Waals surface area contributed by atoms with Gasteiger partial charge in [0.15, 0.2) is 0 Å². The van der Waals surface area contributed by atoms with Gasteiger partial charge in [0, 0.05) is 25.8 Å². The number of carboxylic acid groups (broad SMARTS) is 1. The van der Waals surface area contributed by atoms with Gasteiger partial charge in [-0.3, -0.25) is 14.4 Å². The van der Waals surface area contributed by atoms with Crippen molar-refractivity contribution in [1.29, 1.82) is 0 Å². The number of likely N-dealkylation sites (N-methyl/N-ethyl adjacent to an activating group) is 1. The Morgan fingerprint density at radius 2 is 1.68 bits per heavy atom. The van der Waals surface area contributed by atoms with Crippen molar-refractivity contribution in [2.45, 2.75) is 39.0 Å². The molecule has 1 fully saturated rings. The van der Waals surface area contributed by atoms with Crippen molar-refractivity contribution in [3.05, 3.63) is 29.8 Å². The predicted molar refractivity (Wildman–Crippen MR) is 95.5 cm³/mol. The number of carboxylic acids is 1. The number of aliphatic carboxylic acids is 1. The first-order valence-corrected chi connectivity index (χ1v) is 8.52. The molecule has 0 bridgehead atoms. The molecule has 25 heavy (non-hydrogen) atoms. The topological polar surface area (TPSA) is 77.9 Å². The molecular weight excluding hydrogens is 320 g/mol. The summed E-state index contributed by atoms with van der Waals surface area (Å²) < 4.78 is 0. The summed E-state index contributed by atoms with van der Waals surface area (Å²) in [5.41, 5.74) is 1.55. The van der Waals surface area contributed by atoms with Crippen molar-refractivity contribution in [2.75, 3.05) is 25.0 Å². The molecule has 1 N–H and O–H groups in total. The second-order valence-corrected chi connectivity index (χ2v) is 7.54. The van der Waals surface area contributed by atoms with E-state index in [1.165, 1.54) is 9.80 Å². The molecule has 1 aliphatic heterocycles. The fraction of sp³-hybridized carbons (Fsp3) is 0.526. The first-order chi connectivity index (χ1) is 11.6. The van der Waals surface area contributed by atoms with Gasteiger partial charge in [-0.2, -0.15) is 0 Å². The van der Waals surface area contributed by atoms with Crippen LogP contribution in [-0.4, -0.2) is 47.9 Å². The molecule has 1 aromatic rings. The second-order valence-electron chi connectivity index (χ2n) is 7.54. The summed E-state index contributed by atoms with van der Waals surface area (Å²) >= 11 is 0. The van der Waals surface area contributed by atoms with Gasteiger partial charge < -0.3 is 14.9 Å². The van der Waals surface area contributed by atoms with E-state index in [0.29, 0.717) is 31.6 Å². The molecule has 0 saturated carbocycles. The van der Waals surface area contributed by atoms with Crippen LogP contribution in [0.4, 0.5) is 5.69 Å². The number of carbonyl (C=O) groups excluding carboxylic acids is 2. The third-order valence-electron chi connectivity index (χ3n) is 4.69. The molecule has 0 aliphatic carbocycles. The van der Waals surface area contributed by atoms with Gasteiger partial charge in [-0.1, -0.05) is 39.0 Å². The van der Waals surface area contributed by atoms with Crippen LogP contribution in [-0.2, 0) is 19.8 Å². The number of rotatable bonds is 2. The Bertz CT molecular complexity index is 670. The number of carbonyl (C=O) groups is 3. The molecule has 6 nitrogen and oxygen atoms in total. The van der Waals surface area contributed by atoms with Crippen molar-refractivity contribution < 1.29 is 19.5 Å². The number of likely N-dealkylation sites (tertiary alicyclic amines) is 1. The number of benzene rings is 1. The largest absolute Gasteiger partial charge is 0.481 e. The van der Waals surface area contributed by atoms with Crippen LogP contribution in [0.3, 0.4) is 0 Å². The lowest BCUT2D eigenvalue weighted by Gasteiger charge is -2.32. The van der Waals surface area contributed by atoms with Gasteiger partial charge in [0.1, 0.15) is 0 Å².